The number of aryl methyl sites for hydroxylation is 6. The van der Waals surface area contributed by atoms with Gasteiger partial charge < -0.3 is 0 Å². The van der Waals surface area contributed by atoms with E-state index in [4.69, 9.17) is 0 Å². The van der Waals surface area contributed by atoms with Crippen molar-refractivity contribution in [2.24, 2.45) is 0 Å². The van der Waals surface area contributed by atoms with Gasteiger partial charge in [-0.1, -0.05) is 0 Å². The molecule has 9 heteroatoms. The molecule has 3 aromatic rings. The van der Waals surface area contributed by atoms with Crippen LogP contribution in [0, 0.1) is 41.5 Å². The molecule has 0 unspecified atom stereocenters. The summed E-state index contributed by atoms with van der Waals surface area (Å²) in [4.78, 5) is 0. The minimum atomic E-state index is 0. The van der Waals surface area contributed by atoms with Crippen molar-refractivity contribution in [1.29, 1.82) is 0 Å². The van der Waals surface area contributed by atoms with Crippen LogP contribution in [0.25, 0.3) is 0 Å². The normalized spacial score (nSPS) is 10.2. The van der Waals surface area contributed by atoms with Gasteiger partial charge in [0.05, 0.1) is 17.1 Å². The molecule has 3 aromatic heterocycles. The van der Waals surface area contributed by atoms with E-state index in [1.807, 2.05) is 20.8 Å². The quantitative estimate of drug-likeness (QED) is 0.384. The summed E-state index contributed by atoms with van der Waals surface area (Å²) in [5.41, 5.74) is 9.93. The van der Waals surface area contributed by atoms with Gasteiger partial charge in [0, 0.05) is 34.2 Å². The van der Waals surface area contributed by atoms with E-state index in [-0.39, 0.29) is 47.8 Å². The van der Waals surface area contributed by atoms with E-state index in [9.17, 15) is 0 Å². The second-order valence-corrected chi connectivity index (χ2v) is 5.98. The van der Waals surface area contributed by atoms with Crippen LogP contribution in [-0.2, 0) is 17.1 Å². The zero-order chi connectivity index (χ0) is 16.0. The monoisotopic (exact) mass is 480 g/mol. The summed E-state index contributed by atoms with van der Waals surface area (Å²) in [5.74, 6) is 0. The first-order valence-corrected chi connectivity index (χ1v) is 7.46. The molecule has 0 fully saturated rings. The molecule has 0 aromatic carbocycles. The van der Waals surface area contributed by atoms with Gasteiger partial charge in [0.1, 0.15) is 0 Å². The molecule has 6 nitrogen and oxygen atoms in total. The van der Waals surface area contributed by atoms with Crippen molar-refractivity contribution in [3.8, 4) is 0 Å². The van der Waals surface area contributed by atoms with Crippen molar-refractivity contribution < 1.29 is 17.1 Å². The molecular weight excluding hydrogens is 458 g/mol. The third-order valence-electron chi connectivity index (χ3n) is 4.42. The number of H-pyrrole nitrogens is 3. The minimum Gasteiger partial charge on any atom is -0.283 e. The molecule has 0 aliphatic rings. The number of hydrogen-bond acceptors (Lipinski definition) is 3. The fourth-order valence-corrected chi connectivity index (χ4v) is 3.39. The Balaban J connectivity index is 0.00000144. The minimum absolute atomic E-state index is 0. The Morgan fingerprint density at radius 3 is 1.00 bits per heavy atom. The number of hydrogen-bond donors (Lipinski definition) is 3. The summed E-state index contributed by atoms with van der Waals surface area (Å²) >= 11 is 0. The third kappa shape index (κ3) is 3.34. The molecule has 0 atom stereocenters. The molecule has 0 saturated heterocycles. The number of nitrogens with zero attached hydrogens (tertiary/aromatic N) is 3. The number of halogens is 1. The van der Waals surface area contributed by atoms with Crippen LogP contribution in [0.3, 0.4) is 0 Å². The van der Waals surface area contributed by atoms with Gasteiger partial charge in [0.2, 0.25) is 0 Å². The fourth-order valence-electron chi connectivity index (χ4n) is 3.39. The van der Waals surface area contributed by atoms with Crippen LogP contribution in [0.5, 0.6) is 0 Å². The number of aromatic nitrogens is 6. The number of aromatic amines is 3. The van der Waals surface area contributed by atoms with E-state index in [2.05, 4.69) is 51.4 Å². The molecule has 0 saturated carbocycles. The van der Waals surface area contributed by atoms with E-state index in [0.29, 0.717) is 0 Å². The van der Waals surface area contributed by atoms with Crippen molar-refractivity contribution in [2.45, 2.75) is 41.5 Å². The Morgan fingerprint density at radius 2 is 0.833 bits per heavy atom. The molecule has 0 bridgehead atoms. The maximum atomic E-state index is 4.39. The summed E-state index contributed by atoms with van der Waals surface area (Å²) in [6, 6.07) is 0. The molecule has 0 amide bonds. The molecule has 0 spiro atoms. The summed E-state index contributed by atoms with van der Waals surface area (Å²) in [7, 11) is 0. The predicted molar refractivity (Wildman–Crippen MR) is 104 cm³/mol. The molecular formula is C15H22BFeIN6. The first kappa shape index (κ1) is 21.0. The second kappa shape index (κ2) is 7.88. The van der Waals surface area contributed by atoms with E-state index < -0.39 is 0 Å². The maximum absolute atomic E-state index is 4.39. The van der Waals surface area contributed by atoms with Crippen LogP contribution in [0.1, 0.15) is 34.2 Å². The summed E-state index contributed by atoms with van der Waals surface area (Å²) in [6.45, 7) is 12.4. The van der Waals surface area contributed by atoms with Crippen molar-refractivity contribution >= 4 is 47.1 Å². The molecule has 3 N–H and O–H groups in total. The molecule has 130 valence electrons. The number of nitrogens with one attached hydrogen (secondary N) is 3. The van der Waals surface area contributed by atoms with E-state index >= 15 is 0 Å². The van der Waals surface area contributed by atoms with Gasteiger partial charge >= 0.3 is 0 Å². The third-order valence-corrected chi connectivity index (χ3v) is 4.42. The van der Waals surface area contributed by atoms with Crippen LogP contribution >= 0.6 is 24.0 Å². The van der Waals surface area contributed by atoms with Gasteiger partial charge in [-0.3, -0.25) is 15.3 Å². The van der Waals surface area contributed by atoms with Gasteiger partial charge in [0.15, 0.2) is 0 Å². The smallest absolute Gasteiger partial charge is 0.255 e. The van der Waals surface area contributed by atoms with Crippen molar-refractivity contribution in [1.82, 2.24) is 30.6 Å². The zero-order valence-corrected chi connectivity index (χ0v) is 18.1. The molecule has 0 aliphatic carbocycles. The summed E-state index contributed by atoms with van der Waals surface area (Å²) < 4.78 is 0. The summed E-state index contributed by atoms with van der Waals surface area (Å²) in [6.07, 6.45) is 0. The van der Waals surface area contributed by atoms with Crippen LogP contribution in [0.15, 0.2) is 0 Å². The Labute approximate surface area is 169 Å². The molecule has 0 aliphatic heterocycles. The first-order chi connectivity index (χ1) is 10.4. The van der Waals surface area contributed by atoms with Crippen molar-refractivity contribution in [2.75, 3.05) is 0 Å². The Bertz CT molecular complexity index is 669. The number of rotatable bonds is 3. The molecule has 3 rings (SSSR count). The van der Waals surface area contributed by atoms with Gasteiger partial charge in [-0.2, -0.15) is 15.3 Å². The zero-order valence-electron chi connectivity index (χ0n) is 14.7. The van der Waals surface area contributed by atoms with E-state index in [0.717, 1.165) is 34.2 Å². The Hall–Kier alpha value is -1.06. The average molecular weight is 480 g/mol. The van der Waals surface area contributed by atoms with Crippen molar-refractivity contribution in [3.63, 3.8) is 0 Å². The maximum Gasteiger partial charge on any atom is 0.255 e. The predicted octanol–water partition coefficient (Wildman–Crippen LogP) is 0.838. The second-order valence-electron chi connectivity index (χ2n) is 5.98. The summed E-state index contributed by atoms with van der Waals surface area (Å²) in [5, 5.41) is 22.5. The topological polar surface area (TPSA) is 86.0 Å². The SMILES string of the molecule is Cc1n[nH]c(C)c1B(c1c(C)n[nH]c1C)c1c(C)n[nH]c1C.I.[Fe]. The van der Waals surface area contributed by atoms with E-state index in [1.54, 1.807) is 0 Å². The van der Waals surface area contributed by atoms with E-state index in [1.165, 1.54) is 16.4 Å². The Kier molecular flexibility index (Phi) is 6.89. The average Bonchev–Trinajstić information content (AvgIpc) is 3.08. The van der Waals surface area contributed by atoms with Crippen molar-refractivity contribution in [3.05, 3.63) is 34.2 Å². The van der Waals surface area contributed by atoms with Gasteiger partial charge in [-0.05, 0) is 57.9 Å². The molecule has 3 heterocycles. The van der Waals surface area contributed by atoms with Crippen LogP contribution in [0.2, 0.25) is 0 Å². The Morgan fingerprint density at radius 1 is 0.583 bits per heavy atom. The van der Waals surface area contributed by atoms with Crippen LogP contribution in [0.4, 0.5) is 0 Å². The van der Waals surface area contributed by atoms with Gasteiger partial charge in [-0.15, -0.1) is 24.0 Å². The largest absolute Gasteiger partial charge is 0.283 e. The molecule has 24 heavy (non-hydrogen) atoms. The van der Waals surface area contributed by atoms with Crippen LogP contribution < -0.4 is 16.4 Å². The van der Waals surface area contributed by atoms with Crippen LogP contribution in [-0.4, -0.2) is 37.3 Å². The standard InChI is InChI=1S/C15H21BN6.Fe.HI/c1-7-13(8(2)18-17-7)16(14-9(3)19-20-10(14)4)15-11(5)21-22-12(15)6;;/h1-6H3,(H,17,18)(H,19,20)(H,21,22);;1H. The molecule has 0 radical (unpaired) electrons. The van der Waals surface area contributed by atoms with Gasteiger partial charge in [-0.25, -0.2) is 0 Å². The van der Waals surface area contributed by atoms with Gasteiger partial charge in [0.25, 0.3) is 6.71 Å². The fraction of sp³-hybridized carbons (Fsp3) is 0.400. The first-order valence-electron chi connectivity index (χ1n) is 7.46.